The molecule has 0 aliphatic carbocycles. The summed E-state index contributed by atoms with van der Waals surface area (Å²) in [5, 5.41) is 0. The fraction of sp³-hybridized carbons (Fsp3) is 0.474. The Morgan fingerprint density at radius 1 is 1.04 bits per heavy atom. The largest absolute Gasteiger partial charge is 0.473 e. The average Bonchev–Trinajstić information content (AvgIpc) is 2.61. The molecule has 1 unspecified atom stereocenters. The zero-order valence-corrected chi connectivity index (χ0v) is 15.4. The van der Waals surface area contributed by atoms with Crippen LogP contribution in [-0.2, 0) is 0 Å². The minimum atomic E-state index is -2.90. The monoisotopic (exact) mass is 385 g/mol. The zero-order chi connectivity index (χ0) is 20.1. The first-order valence-corrected chi connectivity index (χ1v) is 8.64. The maximum Gasteiger partial charge on any atom is 0.284 e. The summed E-state index contributed by atoms with van der Waals surface area (Å²) in [5.74, 6) is 0.240. The number of alkyl halides is 4. The molecule has 2 N–H and O–H groups in total. The number of hydrogen-bond donors (Lipinski definition) is 1. The summed E-state index contributed by atoms with van der Waals surface area (Å²) in [6.45, 7) is 5.95. The molecule has 148 valence electrons. The Labute approximate surface area is 155 Å². The van der Waals surface area contributed by atoms with Crippen LogP contribution in [0.3, 0.4) is 0 Å². The molecule has 0 radical (unpaired) electrons. The van der Waals surface area contributed by atoms with Crippen LogP contribution in [-0.4, -0.2) is 16.2 Å². The molecule has 2 aromatic rings. The second kappa shape index (κ2) is 9.12. The van der Waals surface area contributed by atoms with Crippen molar-refractivity contribution in [1.29, 1.82) is 0 Å². The highest BCUT2D eigenvalue weighted by molar-refractivity contribution is 5.60. The lowest BCUT2D eigenvalue weighted by Gasteiger charge is -2.23. The van der Waals surface area contributed by atoms with Crippen LogP contribution >= 0.6 is 0 Å². The van der Waals surface area contributed by atoms with Gasteiger partial charge in [0.2, 0.25) is 0 Å². The van der Waals surface area contributed by atoms with Crippen molar-refractivity contribution in [3.63, 3.8) is 0 Å². The number of ether oxygens (including phenoxy) is 1. The van der Waals surface area contributed by atoms with E-state index in [-0.39, 0.29) is 22.9 Å². The van der Waals surface area contributed by atoms with Crippen molar-refractivity contribution in [2.45, 2.75) is 46.3 Å². The van der Waals surface area contributed by atoms with E-state index in [1.54, 1.807) is 0 Å². The van der Waals surface area contributed by atoms with Gasteiger partial charge < -0.3 is 4.74 Å². The van der Waals surface area contributed by atoms with Gasteiger partial charge in [0.05, 0.1) is 5.69 Å². The first kappa shape index (κ1) is 21.1. The number of aromatic nitrogens is 2. The SMILES string of the molecule is CC(C)CC(C)[C@@H](N)Oc1ccc(-c2ccnc(C(F)F)c2)nc1C(F)F. The predicted octanol–water partition coefficient (Wildman–Crippen LogP) is 5.36. The standard InChI is InChI=1S/C19H23F4N3O/c1-10(2)8-11(3)19(24)27-15-5-4-13(26-16(15)18(22)23)12-6-7-25-14(9-12)17(20)21/h4-7,9-11,17-19H,8,24H2,1-3H3/t11?,19-/m0/s1. The highest BCUT2D eigenvalue weighted by atomic mass is 19.3. The van der Waals surface area contributed by atoms with E-state index < -0.39 is 30.5 Å². The fourth-order valence-electron chi connectivity index (χ4n) is 2.75. The Balaban J connectivity index is 2.30. The topological polar surface area (TPSA) is 61.0 Å². The first-order chi connectivity index (χ1) is 12.7. The lowest BCUT2D eigenvalue weighted by atomic mass is 9.98. The lowest BCUT2D eigenvalue weighted by molar-refractivity contribution is 0.111. The molecule has 27 heavy (non-hydrogen) atoms. The van der Waals surface area contributed by atoms with Gasteiger partial charge in [-0.2, -0.15) is 0 Å². The third kappa shape index (κ3) is 5.63. The third-order valence-electron chi connectivity index (χ3n) is 4.06. The molecule has 2 aromatic heterocycles. The van der Waals surface area contributed by atoms with Gasteiger partial charge in [0, 0.05) is 17.7 Å². The Bertz CT molecular complexity index is 755. The van der Waals surface area contributed by atoms with Gasteiger partial charge in [-0.25, -0.2) is 22.5 Å². The smallest absolute Gasteiger partial charge is 0.284 e. The van der Waals surface area contributed by atoms with Crippen molar-refractivity contribution in [3.8, 4) is 17.0 Å². The fourth-order valence-corrected chi connectivity index (χ4v) is 2.75. The Hall–Kier alpha value is -2.22. The summed E-state index contributed by atoms with van der Waals surface area (Å²) >= 11 is 0. The number of hydrogen-bond acceptors (Lipinski definition) is 4. The Morgan fingerprint density at radius 3 is 2.33 bits per heavy atom. The first-order valence-electron chi connectivity index (χ1n) is 8.64. The molecular weight excluding hydrogens is 362 g/mol. The average molecular weight is 385 g/mol. The minimum Gasteiger partial charge on any atom is -0.473 e. The molecule has 0 spiro atoms. The summed E-state index contributed by atoms with van der Waals surface area (Å²) in [6, 6.07) is 5.33. The van der Waals surface area contributed by atoms with Gasteiger partial charge in [-0.15, -0.1) is 0 Å². The van der Waals surface area contributed by atoms with E-state index in [9.17, 15) is 17.6 Å². The van der Waals surface area contributed by atoms with Crippen molar-refractivity contribution in [2.24, 2.45) is 17.6 Å². The lowest BCUT2D eigenvalue weighted by Crippen LogP contribution is -2.35. The molecule has 4 nitrogen and oxygen atoms in total. The van der Waals surface area contributed by atoms with E-state index in [2.05, 4.69) is 9.97 Å². The van der Waals surface area contributed by atoms with Crippen LogP contribution < -0.4 is 10.5 Å². The van der Waals surface area contributed by atoms with Gasteiger partial charge in [0.25, 0.3) is 12.9 Å². The maximum absolute atomic E-state index is 13.5. The van der Waals surface area contributed by atoms with E-state index in [4.69, 9.17) is 10.5 Å². The van der Waals surface area contributed by atoms with E-state index in [0.29, 0.717) is 5.92 Å². The van der Waals surface area contributed by atoms with E-state index >= 15 is 0 Å². The van der Waals surface area contributed by atoms with Gasteiger partial charge >= 0.3 is 0 Å². The maximum atomic E-state index is 13.5. The van der Waals surface area contributed by atoms with Gasteiger partial charge in [0.15, 0.2) is 0 Å². The second-order valence-corrected chi connectivity index (χ2v) is 6.84. The molecule has 0 fully saturated rings. The molecule has 2 atom stereocenters. The molecule has 0 amide bonds. The van der Waals surface area contributed by atoms with Crippen LogP contribution in [0.1, 0.15) is 51.4 Å². The molecular formula is C19H23F4N3O. The van der Waals surface area contributed by atoms with Crippen LogP contribution in [0.5, 0.6) is 5.75 Å². The van der Waals surface area contributed by atoms with Gasteiger partial charge in [0.1, 0.15) is 23.4 Å². The van der Waals surface area contributed by atoms with Crippen LogP contribution in [0.4, 0.5) is 17.6 Å². The van der Waals surface area contributed by atoms with E-state index in [0.717, 1.165) is 12.5 Å². The highest BCUT2D eigenvalue weighted by Gasteiger charge is 2.22. The molecule has 2 rings (SSSR count). The number of halogens is 4. The van der Waals surface area contributed by atoms with E-state index in [1.807, 2.05) is 20.8 Å². The summed E-state index contributed by atoms with van der Waals surface area (Å²) in [7, 11) is 0. The van der Waals surface area contributed by atoms with Crippen molar-refractivity contribution >= 4 is 0 Å². The minimum absolute atomic E-state index is 0.0380. The molecule has 0 aliphatic rings. The Morgan fingerprint density at radius 2 is 1.74 bits per heavy atom. The number of pyridine rings is 2. The molecule has 2 heterocycles. The van der Waals surface area contributed by atoms with Crippen molar-refractivity contribution in [3.05, 3.63) is 41.9 Å². The normalized spacial score (nSPS) is 14.0. The molecule has 0 aliphatic heterocycles. The quantitative estimate of drug-likeness (QED) is 0.491. The number of nitrogens with zero attached hydrogens (tertiary/aromatic N) is 2. The summed E-state index contributed by atoms with van der Waals surface area (Å²) in [6.07, 6.45) is -4.45. The molecule has 8 heteroatoms. The van der Waals surface area contributed by atoms with Crippen molar-refractivity contribution in [2.75, 3.05) is 0 Å². The highest BCUT2D eigenvalue weighted by Crippen LogP contribution is 2.32. The molecule has 0 saturated carbocycles. The third-order valence-corrected chi connectivity index (χ3v) is 4.06. The second-order valence-electron chi connectivity index (χ2n) is 6.84. The van der Waals surface area contributed by atoms with Gasteiger partial charge in [-0.05, 0) is 36.6 Å². The molecule has 0 aromatic carbocycles. The molecule has 0 saturated heterocycles. The van der Waals surface area contributed by atoms with Gasteiger partial charge in [-0.1, -0.05) is 20.8 Å². The zero-order valence-electron chi connectivity index (χ0n) is 15.4. The predicted molar refractivity (Wildman–Crippen MR) is 94.6 cm³/mol. The van der Waals surface area contributed by atoms with Crippen LogP contribution in [0.2, 0.25) is 0 Å². The number of nitrogens with two attached hydrogens (primary N) is 1. The number of rotatable bonds is 8. The van der Waals surface area contributed by atoms with Crippen LogP contribution in [0, 0.1) is 11.8 Å². The molecule has 0 bridgehead atoms. The summed E-state index contributed by atoms with van der Waals surface area (Å²) in [4.78, 5) is 7.47. The van der Waals surface area contributed by atoms with Crippen LogP contribution in [0.25, 0.3) is 11.3 Å². The van der Waals surface area contributed by atoms with Crippen LogP contribution in [0.15, 0.2) is 30.5 Å². The van der Waals surface area contributed by atoms with Crippen molar-refractivity contribution < 1.29 is 22.3 Å². The summed E-state index contributed by atoms with van der Waals surface area (Å²) in [5.41, 5.74) is 5.36. The van der Waals surface area contributed by atoms with Crippen molar-refractivity contribution in [1.82, 2.24) is 9.97 Å². The van der Waals surface area contributed by atoms with Gasteiger partial charge in [-0.3, -0.25) is 10.7 Å². The van der Waals surface area contributed by atoms with E-state index in [1.165, 1.54) is 24.4 Å². The Kier molecular flexibility index (Phi) is 7.12. The summed E-state index contributed by atoms with van der Waals surface area (Å²) < 4.78 is 58.1.